The number of para-hydroxylation sites is 1. The number of fused-ring (bicyclic) bond motifs is 2. The second kappa shape index (κ2) is 8.50. The standard InChI is InChI=1S/C23H24F3N3OS2/c24-23(25,26)16-7-8-19-21(27-17-5-1-2-6-18(17)32-19)15(16)4-3-11-29-12-9-22(10-13-29)28-20(30)14-31-22/h1-2,5-8,27H,3-4,9-14H2,(H,28,30). The highest BCUT2D eigenvalue weighted by Crippen LogP contribution is 2.48. The molecule has 1 spiro atoms. The van der Waals surface area contributed by atoms with Gasteiger partial charge in [-0.05, 0) is 62.1 Å². The number of nitrogens with one attached hydrogen (secondary N) is 2. The molecule has 0 atom stereocenters. The maximum Gasteiger partial charge on any atom is 0.416 e. The number of hydrogen-bond donors (Lipinski definition) is 2. The van der Waals surface area contributed by atoms with Crippen LogP contribution in [0.4, 0.5) is 24.5 Å². The molecule has 3 heterocycles. The number of hydrogen-bond acceptors (Lipinski definition) is 5. The van der Waals surface area contributed by atoms with Crippen LogP contribution in [0.1, 0.15) is 30.4 Å². The summed E-state index contributed by atoms with van der Waals surface area (Å²) in [5.41, 5.74) is 1.24. The van der Waals surface area contributed by atoms with E-state index >= 15 is 0 Å². The highest BCUT2D eigenvalue weighted by Gasteiger charge is 2.41. The largest absolute Gasteiger partial charge is 0.416 e. The summed E-state index contributed by atoms with van der Waals surface area (Å²) in [6.07, 6.45) is -1.61. The topological polar surface area (TPSA) is 44.4 Å². The number of piperidine rings is 1. The smallest absolute Gasteiger partial charge is 0.353 e. The van der Waals surface area contributed by atoms with Crippen molar-refractivity contribution in [1.82, 2.24) is 10.2 Å². The Hall–Kier alpha value is -1.84. The van der Waals surface area contributed by atoms with Crippen LogP contribution >= 0.6 is 23.5 Å². The van der Waals surface area contributed by atoms with Crippen molar-refractivity contribution in [3.8, 4) is 0 Å². The molecule has 0 radical (unpaired) electrons. The third-order valence-corrected chi connectivity index (χ3v) is 8.96. The first-order valence-corrected chi connectivity index (χ1v) is 12.6. The van der Waals surface area contributed by atoms with Gasteiger partial charge >= 0.3 is 6.18 Å². The Morgan fingerprint density at radius 3 is 2.56 bits per heavy atom. The first kappa shape index (κ1) is 22.0. The predicted molar refractivity (Wildman–Crippen MR) is 123 cm³/mol. The van der Waals surface area contributed by atoms with Crippen LogP contribution in [-0.4, -0.2) is 41.1 Å². The number of likely N-dealkylation sites (tertiary alicyclic amines) is 1. The molecule has 3 aliphatic rings. The van der Waals surface area contributed by atoms with Crippen LogP contribution in [0.25, 0.3) is 0 Å². The molecule has 170 valence electrons. The van der Waals surface area contributed by atoms with Gasteiger partial charge in [-0.15, -0.1) is 11.8 Å². The molecular formula is C23H24F3N3OS2. The number of amides is 1. The number of alkyl halides is 3. The van der Waals surface area contributed by atoms with Crippen molar-refractivity contribution in [3.63, 3.8) is 0 Å². The van der Waals surface area contributed by atoms with Crippen molar-refractivity contribution in [2.24, 2.45) is 0 Å². The minimum atomic E-state index is -4.39. The zero-order chi connectivity index (χ0) is 22.3. The second-order valence-corrected chi connectivity index (χ2v) is 10.9. The molecular weight excluding hydrogens is 455 g/mol. The van der Waals surface area contributed by atoms with E-state index in [9.17, 15) is 18.0 Å². The lowest BCUT2D eigenvalue weighted by Crippen LogP contribution is -2.49. The van der Waals surface area contributed by atoms with Crippen LogP contribution in [0, 0.1) is 0 Å². The Morgan fingerprint density at radius 2 is 1.84 bits per heavy atom. The fourth-order valence-electron chi connectivity index (χ4n) is 4.70. The molecule has 2 aromatic carbocycles. The molecule has 0 aromatic heterocycles. The van der Waals surface area contributed by atoms with Gasteiger partial charge in [0.15, 0.2) is 0 Å². The second-order valence-electron chi connectivity index (χ2n) is 8.46. The van der Waals surface area contributed by atoms with E-state index in [0.717, 1.165) is 48.0 Å². The van der Waals surface area contributed by atoms with Gasteiger partial charge in [-0.25, -0.2) is 0 Å². The quantitative estimate of drug-likeness (QED) is 0.517. The zero-order valence-corrected chi connectivity index (χ0v) is 19.1. The first-order chi connectivity index (χ1) is 15.3. The van der Waals surface area contributed by atoms with Crippen molar-refractivity contribution in [2.75, 3.05) is 30.7 Å². The van der Waals surface area contributed by atoms with Crippen molar-refractivity contribution < 1.29 is 18.0 Å². The fourth-order valence-corrected chi connectivity index (χ4v) is 6.86. The van der Waals surface area contributed by atoms with Crippen LogP contribution in [0.5, 0.6) is 0 Å². The van der Waals surface area contributed by atoms with Crippen LogP contribution in [0.2, 0.25) is 0 Å². The van der Waals surface area contributed by atoms with Crippen molar-refractivity contribution >= 4 is 40.8 Å². The minimum absolute atomic E-state index is 0.101. The summed E-state index contributed by atoms with van der Waals surface area (Å²) in [5, 5.41) is 6.37. The highest BCUT2D eigenvalue weighted by atomic mass is 32.2. The lowest BCUT2D eigenvalue weighted by molar-refractivity contribution is -0.138. The molecule has 2 fully saturated rings. The summed E-state index contributed by atoms with van der Waals surface area (Å²) in [4.78, 5) is 15.6. The summed E-state index contributed by atoms with van der Waals surface area (Å²) in [6.45, 7) is 2.46. The Morgan fingerprint density at radius 1 is 1.06 bits per heavy atom. The number of anilines is 2. The molecule has 0 aliphatic carbocycles. The van der Waals surface area contributed by atoms with Gasteiger partial charge in [-0.3, -0.25) is 4.79 Å². The van der Waals surface area contributed by atoms with Crippen LogP contribution in [-0.2, 0) is 17.4 Å². The maximum atomic E-state index is 13.8. The number of halogens is 3. The van der Waals surface area contributed by atoms with Crippen molar-refractivity contribution in [2.45, 2.75) is 46.5 Å². The molecule has 0 saturated carbocycles. The molecule has 0 unspecified atom stereocenters. The lowest BCUT2D eigenvalue weighted by atomic mass is 9.98. The summed E-state index contributed by atoms with van der Waals surface area (Å²) < 4.78 is 41.4. The van der Waals surface area contributed by atoms with Gasteiger partial charge in [0.2, 0.25) is 5.91 Å². The Balaban J connectivity index is 1.29. The van der Waals surface area contributed by atoms with Gasteiger partial charge in [0.1, 0.15) is 0 Å². The number of thioether (sulfide) groups is 1. The monoisotopic (exact) mass is 479 g/mol. The lowest BCUT2D eigenvalue weighted by Gasteiger charge is -2.38. The molecule has 5 rings (SSSR count). The normalized spacial score (nSPS) is 19.9. The summed E-state index contributed by atoms with van der Waals surface area (Å²) in [6, 6.07) is 10.5. The van der Waals surface area contributed by atoms with Gasteiger partial charge in [0.25, 0.3) is 0 Å². The molecule has 2 saturated heterocycles. The van der Waals surface area contributed by atoms with Crippen LogP contribution in [0.15, 0.2) is 46.2 Å². The van der Waals surface area contributed by atoms with E-state index < -0.39 is 11.7 Å². The number of carbonyl (C=O) groups excluding carboxylic acids is 1. The van der Waals surface area contributed by atoms with Gasteiger partial charge < -0.3 is 15.5 Å². The van der Waals surface area contributed by atoms with Crippen LogP contribution < -0.4 is 10.6 Å². The molecule has 2 aromatic rings. The summed E-state index contributed by atoms with van der Waals surface area (Å²) in [7, 11) is 0. The van der Waals surface area contributed by atoms with E-state index in [1.807, 2.05) is 24.3 Å². The predicted octanol–water partition coefficient (Wildman–Crippen LogP) is 5.50. The number of benzene rings is 2. The first-order valence-electron chi connectivity index (χ1n) is 10.8. The van der Waals surface area contributed by atoms with E-state index in [-0.39, 0.29) is 10.8 Å². The third-order valence-electron chi connectivity index (χ3n) is 6.36. The van der Waals surface area contributed by atoms with Gasteiger partial charge in [-0.1, -0.05) is 23.9 Å². The molecule has 1 amide bonds. The molecule has 2 N–H and O–H groups in total. The highest BCUT2D eigenvalue weighted by molar-refractivity contribution is 8.01. The number of carbonyl (C=O) groups is 1. The SMILES string of the molecule is O=C1CSC2(CCN(CCCc3c(C(F)(F)F)ccc4c3Nc3ccccc3S4)CC2)N1. The molecule has 9 heteroatoms. The number of rotatable bonds is 4. The summed E-state index contributed by atoms with van der Waals surface area (Å²) >= 11 is 3.20. The zero-order valence-electron chi connectivity index (χ0n) is 17.4. The van der Waals surface area contributed by atoms with Gasteiger partial charge in [0.05, 0.1) is 27.6 Å². The van der Waals surface area contributed by atoms with Gasteiger partial charge in [-0.2, -0.15) is 13.2 Å². The van der Waals surface area contributed by atoms with E-state index in [1.165, 1.54) is 17.8 Å². The molecule has 32 heavy (non-hydrogen) atoms. The van der Waals surface area contributed by atoms with E-state index in [4.69, 9.17) is 0 Å². The fraction of sp³-hybridized carbons (Fsp3) is 0.435. The Kier molecular flexibility index (Phi) is 5.84. The summed E-state index contributed by atoms with van der Waals surface area (Å²) in [5.74, 6) is 0.622. The van der Waals surface area contributed by atoms with E-state index in [2.05, 4.69) is 15.5 Å². The van der Waals surface area contributed by atoms with E-state index in [0.29, 0.717) is 29.8 Å². The maximum absolute atomic E-state index is 13.8. The minimum Gasteiger partial charge on any atom is -0.353 e. The van der Waals surface area contributed by atoms with Crippen LogP contribution in [0.3, 0.4) is 0 Å². The Bertz CT molecular complexity index is 1040. The molecule has 0 bridgehead atoms. The van der Waals surface area contributed by atoms with Crippen molar-refractivity contribution in [3.05, 3.63) is 47.5 Å². The van der Waals surface area contributed by atoms with E-state index in [1.54, 1.807) is 17.8 Å². The Labute approximate surface area is 193 Å². The number of nitrogens with zero attached hydrogens (tertiary/aromatic N) is 1. The molecule has 3 aliphatic heterocycles. The average Bonchev–Trinajstić information content (AvgIpc) is 3.13. The molecule has 4 nitrogen and oxygen atoms in total. The van der Waals surface area contributed by atoms with Crippen molar-refractivity contribution in [1.29, 1.82) is 0 Å². The van der Waals surface area contributed by atoms with Gasteiger partial charge in [0, 0.05) is 22.9 Å². The third kappa shape index (κ3) is 4.34. The average molecular weight is 480 g/mol.